The van der Waals surface area contributed by atoms with Gasteiger partial charge in [-0.2, -0.15) is 0 Å². The smallest absolute Gasteiger partial charge is 0.157 e. The van der Waals surface area contributed by atoms with E-state index in [-0.39, 0.29) is 5.76 Å². The summed E-state index contributed by atoms with van der Waals surface area (Å²) >= 11 is 0. The van der Waals surface area contributed by atoms with E-state index in [9.17, 15) is 5.11 Å². The summed E-state index contributed by atoms with van der Waals surface area (Å²) in [7, 11) is 0. The molecular weight excluding hydrogens is 200 g/mol. The van der Waals surface area contributed by atoms with E-state index in [1.807, 2.05) is 60.7 Å². The van der Waals surface area contributed by atoms with Crippen LogP contribution in [0.4, 0.5) is 0 Å². The van der Waals surface area contributed by atoms with Gasteiger partial charge in [0.25, 0.3) is 0 Å². The van der Waals surface area contributed by atoms with Gasteiger partial charge in [-0.15, -0.1) is 0 Å². The van der Waals surface area contributed by atoms with E-state index in [2.05, 4.69) is 0 Å². The zero-order chi connectivity index (χ0) is 11.2. The predicted molar refractivity (Wildman–Crippen MR) is 64.1 cm³/mol. The number of aliphatic hydroxyl groups excluding tert-OH is 1. The van der Waals surface area contributed by atoms with Crippen molar-refractivity contribution in [3.05, 3.63) is 72.5 Å². The normalized spacial score (nSPS) is 11.1. The summed E-state index contributed by atoms with van der Waals surface area (Å²) < 4.78 is 5.31. The van der Waals surface area contributed by atoms with Crippen molar-refractivity contribution in [1.82, 2.24) is 0 Å². The van der Waals surface area contributed by atoms with Gasteiger partial charge >= 0.3 is 0 Å². The highest BCUT2D eigenvalue weighted by Gasteiger charge is 1.97. The van der Waals surface area contributed by atoms with E-state index < -0.39 is 0 Å². The van der Waals surface area contributed by atoms with Crippen LogP contribution in [0.5, 0.6) is 5.75 Å². The van der Waals surface area contributed by atoms with Crippen LogP contribution in [0.15, 0.2) is 66.9 Å². The maximum atomic E-state index is 9.72. The largest absolute Gasteiger partial charge is 0.504 e. The molecule has 0 saturated heterocycles. The summed E-state index contributed by atoms with van der Waals surface area (Å²) in [5, 5.41) is 9.72. The Bertz CT molecular complexity index is 461. The SMILES string of the molecule is O/C(=C\Oc1ccccc1)c1ccccc1. The van der Waals surface area contributed by atoms with Crippen LogP contribution in [0.25, 0.3) is 5.76 Å². The van der Waals surface area contributed by atoms with Crippen molar-refractivity contribution in [1.29, 1.82) is 0 Å². The number of benzene rings is 2. The van der Waals surface area contributed by atoms with Gasteiger partial charge in [0.1, 0.15) is 12.0 Å². The molecule has 0 aliphatic heterocycles. The molecule has 0 unspecified atom stereocenters. The highest BCUT2D eigenvalue weighted by molar-refractivity contribution is 5.57. The third-order valence-corrected chi connectivity index (χ3v) is 2.12. The Hall–Kier alpha value is -2.22. The molecule has 0 spiro atoms. The van der Waals surface area contributed by atoms with Gasteiger partial charge in [0, 0.05) is 5.56 Å². The molecular formula is C14H12O2. The van der Waals surface area contributed by atoms with Gasteiger partial charge in [-0.05, 0) is 12.1 Å². The van der Waals surface area contributed by atoms with Crippen LogP contribution in [0, 0.1) is 0 Å². The molecule has 80 valence electrons. The van der Waals surface area contributed by atoms with Crippen molar-refractivity contribution in [2.45, 2.75) is 0 Å². The Balaban J connectivity index is 2.09. The van der Waals surface area contributed by atoms with E-state index in [4.69, 9.17) is 4.74 Å². The minimum absolute atomic E-state index is 0.115. The average molecular weight is 212 g/mol. The quantitative estimate of drug-likeness (QED) is 0.787. The summed E-state index contributed by atoms with van der Waals surface area (Å²) in [4.78, 5) is 0. The Kier molecular flexibility index (Phi) is 3.24. The third kappa shape index (κ3) is 2.64. The molecule has 0 aliphatic rings. The van der Waals surface area contributed by atoms with Crippen molar-refractivity contribution in [3.63, 3.8) is 0 Å². The summed E-state index contributed by atoms with van der Waals surface area (Å²) in [6.45, 7) is 0. The molecule has 0 atom stereocenters. The Labute approximate surface area is 94.4 Å². The first-order valence-corrected chi connectivity index (χ1v) is 5.02. The molecule has 2 heteroatoms. The summed E-state index contributed by atoms with van der Waals surface area (Å²) in [5.41, 5.74) is 0.735. The molecule has 1 N–H and O–H groups in total. The first-order valence-electron chi connectivity index (χ1n) is 5.02. The lowest BCUT2D eigenvalue weighted by Crippen LogP contribution is -1.87. The standard InChI is InChI=1S/C14H12O2/c15-14(12-7-3-1-4-8-12)11-16-13-9-5-2-6-10-13/h1-11,15H/b14-11-. The second kappa shape index (κ2) is 5.03. The zero-order valence-electron chi connectivity index (χ0n) is 8.71. The summed E-state index contributed by atoms with van der Waals surface area (Å²) in [6, 6.07) is 18.6. The lowest BCUT2D eigenvalue weighted by atomic mass is 10.2. The fourth-order valence-corrected chi connectivity index (χ4v) is 1.30. The predicted octanol–water partition coefficient (Wildman–Crippen LogP) is 3.62. The van der Waals surface area contributed by atoms with Gasteiger partial charge in [0.15, 0.2) is 5.76 Å². The topological polar surface area (TPSA) is 29.5 Å². The molecule has 2 aromatic carbocycles. The number of hydrogen-bond donors (Lipinski definition) is 1. The fraction of sp³-hybridized carbons (Fsp3) is 0. The molecule has 16 heavy (non-hydrogen) atoms. The van der Waals surface area contributed by atoms with Crippen LogP contribution >= 0.6 is 0 Å². The second-order valence-corrected chi connectivity index (χ2v) is 3.30. The van der Waals surface area contributed by atoms with Crippen molar-refractivity contribution in [2.75, 3.05) is 0 Å². The highest BCUT2D eigenvalue weighted by atomic mass is 16.5. The van der Waals surface area contributed by atoms with Crippen LogP contribution in [0.3, 0.4) is 0 Å². The van der Waals surface area contributed by atoms with E-state index >= 15 is 0 Å². The molecule has 0 saturated carbocycles. The Morgan fingerprint density at radius 2 is 1.44 bits per heavy atom. The van der Waals surface area contributed by atoms with Gasteiger partial charge in [-0.25, -0.2) is 0 Å². The molecule has 0 fully saturated rings. The number of hydrogen-bond acceptors (Lipinski definition) is 2. The van der Waals surface area contributed by atoms with E-state index in [0.29, 0.717) is 5.75 Å². The van der Waals surface area contributed by atoms with Crippen LogP contribution in [0.2, 0.25) is 0 Å². The molecule has 2 aromatic rings. The Morgan fingerprint density at radius 1 is 0.875 bits per heavy atom. The molecule has 0 aliphatic carbocycles. The van der Waals surface area contributed by atoms with Gasteiger partial charge < -0.3 is 9.84 Å². The minimum Gasteiger partial charge on any atom is -0.504 e. The van der Waals surface area contributed by atoms with Gasteiger partial charge in [0.2, 0.25) is 0 Å². The van der Waals surface area contributed by atoms with E-state index in [1.165, 1.54) is 6.26 Å². The van der Waals surface area contributed by atoms with Crippen molar-refractivity contribution in [3.8, 4) is 5.75 Å². The van der Waals surface area contributed by atoms with Gasteiger partial charge in [-0.3, -0.25) is 0 Å². The minimum atomic E-state index is 0.115. The van der Waals surface area contributed by atoms with E-state index in [0.717, 1.165) is 5.56 Å². The number of rotatable bonds is 3. The van der Waals surface area contributed by atoms with Crippen LogP contribution in [0.1, 0.15) is 5.56 Å². The first kappa shape index (κ1) is 10.3. The maximum Gasteiger partial charge on any atom is 0.157 e. The monoisotopic (exact) mass is 212 g/mol. The lowest BCUT2D eigenvalue weighted by Gasteiger charge is -2.02. The highest BCUT2D eigenvalue weighted by Crippen LogP contribution is 2.13. The molecule has 0 radical (unpaired) electrons. The lowest BCUT2D eigenvalue weighted by molar-refractivity contribution is 0.439. The average Bonchev–Trinajstić information content (AvgIpc) is 2.38. The van der Waals surface area contributed by atoms with Gasteiger partial charge in [-0.1, -0.05) is 48.5 Å². The number of para-hydroxylation sites is 1. The fourth-order valence-electron chi connectivity index (χ4n) is 1.30. The number of ether oxygens (including phenoxy) is 1. The second-order valence-electron chi connectivity index (χ2n) is 3.30. The van der Waals surface area contributed by atoms with Crippen LogP contribution in [-0.4, -0.2) is 5.11 Å². The molecule has 0 heterocycles. The molecule has 0 amide bonds. The molecule has 2 rings (SSSR count). The first-order chi connectivity index (χ1) is 7.86. The maximum absolute atomic E-state index is 9.72. The van der Waals surface area contributed by atoms with Crippen molar-refractivity contribution < 1.29 is 9.84 Å². The van der Waals surface area contributed by atoms with Crippen LogP contribution < -0.4 is 4.74 Å². The third-order valence-electron chi connectivity index (χ3n) is 2.12. The van der Waals surface area contributed by atoms with E-state index in [1.54, 1.807) is 0 Å². The Morgan fingerprint density at radius 3 is 2.06 bits per heavy atom. The van der Waals surface area contributed by atoms with Crippen molar-refractivity contribution in [2.24, 2.45) is 0 Å². The van der Waals surface area contributed by atoms with Gasteiger partial charge in [0.05, 0.1) is 0 Å². The molecule has 0 aromatic heterocycles. The molecule has 0 bridgehead atoms. The summed E-state index contributed by atoms with van der Waals surface area (Å²) in [5.74, 6) is 0.814. The van der Waals surface area contributed by atoms with Crippen molar-refractivity contribution >= 4 is 5.76 Å². The van der Waals surface area contributed by atoms with Crippen LogP contribution in [-0.2, 0) is 0 Å². The molecule has 2 nitrogen and oxygen atoms in total. The summed E-state index contributed by atoms with van der Waals surface area (Å²) in [6.07, 6.45) is 1.34. The zero-order valence-corrected chi connectivity index (χ0v) is 8.71. The number of aliphatic hydroxyl groups is 1.